The van der Waals surface area contributed by atoms with Crippen LogP contribution in [0.15, 0.2) is 24.3 Å². The summed E-state index contributed by atoms with van der Waals surface area (Å²) in [5, 5.41) is 26.1. The van der Waals surface area contributed by atoms with E-state index < -0.39 is 5.60 Å². The number of aliphatic hydroxyl groups excluding tert-OH is 1. The van der Waals surface area contributed by atoms with E-state index >= 15 is 0 Å². The predicted molar refractivity (Wildman–Crippen MR) is 136 cm³/mol. The minimum absolute atomic E-state index is 0.103. The summed E-state index contributed by atoms with van der Waals surface area (Å²) >= 11 is 6.35. The van der Waals surface area contributed by atoms with E-state index in [-0.39, 0.29) is 12.0 Å². The van der Waals surface area contributed by atoms with E-state index in [1.807, 2.05) is 31.3 Å². The molecule has 2 unspecified atom stereocenters. The minimum atomic E-state index is -0.879. The number of aliphatic hydroxyl groups is 2. The van der Waals surface area contributed by atoms with Gasteiger partial charge in [0, 0.05) is 43.8 Å². The lowest BCUT2D eigenvalue weighted by Crippen LogP contribution is -2.52. The lowest BCUT2D eigenvalue weighted by atomic mass is 9.73. The number of benzene rings is 1. The molecule has 6 heteroatoms. The van der Waals surface area contributed by atoms with E-state index in [1.165, 1.54) is 6.42 Å². The second-order valence-corrected chi connectivity index (χ2v) is 10.8. The first-order valence-corrected chi connectivity index (χ1v) is 13.4. The monoisotopic (exact) mass is 480 g/mol. The number of ether oxygens (including phenoxy) is 1. The fraction of sp³-hybridized carbons (Fsp3) is 0.778. The lowest BCUT2D eigenvalue weighted by molar-refractivity contribution is -0.0692. The highest BCUT2D eigenvalue weighted by atomic mass is 35.5. The van der Waals surface area contributed by atoms with Gasteiger partial charge < -0.3 is 20.3 Å². The van der Waals surface area contributed by atoms with Gasteiger partial charge in [-0.25, -0.2) is 0 Å². The molecule has 1 aliphatic heterocycles. The number of hydrogen-bond donors (Lipinski definition) is 3. The molecule has 3 N–H and O–H groups in total. The van der Waals surface area contributed by atoms with Crippen molar-refractivity contribution < 1.29 is 14.9 Å². The Hall–Kier alpha value is -0.690. The number of rotatable bonds is 12. The quantitative estimate of drug-likeness (QED) is 0.382. The van der Waals surface area contributed by atoms with Crippen LogP contribution in [0.25, 0.3) is 0 Å². The Morgan fingerprint density at radius 3 is 2.70 bits per heavy atom. The van der Waals surface area contributed by atoms with Gasteiger partial charge in [0.25, 0.3) is 0 Å². The molecular formula is C27H45ClN2O3. The molecule has 0 bridgehead atoms. The number of piperidine rings is 1. The zero-order valence-electron chi connectivity index (χ0n) is 20.6. The molecule has 188 valence electrons. The Balaban J connectivity index is 1.73. The predicted octanol–water partition coefficient (Wildman–Crippen LogP) is 4.59. The van der Waals surface area contributed by atoms with Crippen LogP contribution in [0.3, 0.4) is 0 Å². The Morgan fingerprint density at radius 1 is 1.21 bits per heavy atom. The van der Waals surface area contributed by atoms with Crippen molar-refractivity contribution in [3.63, 3.8) is 0 Å². The summed E-state index contributed by atoms with van der Waals surface area (Å²) in [5.74, 6) is 0.868. The summed E-state index contributed by atoms with van der Waals surface area (Å²) in [6.45, 7) is 3.69. The third kappa shape index (κ3) is 7.65. The second-order valence-electron chi connectivity index (χ2n) is 10.3. The molecule has 1 aromatic carbocycles. The first-order valence-electron chi connectivity index (χ1n) is 13.0. The highest BCUT2D eigenvalue weighted by Crippen LogP contribution is 2.41. The molecule has 1 aliphatic carbocycles. The molecule has 3 rings (SSSR count). The number of likely N-dealkylation sites (tertiary alicyclic amines) is 1. The SMILES string of the molecule is CNCC(CC1CCC(O)CC1)N1CCCC([C@@](O)(CCCCOC)c2cccc(Cl)c2)C1. The van der Waals surface area contributed by atoms with Gasteiger partial charge in [-0.3, -0.25) is 4.90 Å². The van der Waals surface area contributed by atoms with E-state index in [9.17, 15) is 10.2 Å². The molecule has 1 saturated heterocycles. The van der Waals surface area contributed by atoms with Gasteiger partial charge in [0.05, 0.1) is 11.7 Å². The molecule has 0 amide bonds. The number of halogens is 1. The van der Waals surface area contributed by atoms with Gasteiger partial charge >= 0.3 is 0 Å². The fourth-order valence-electron chi connectivity index (χ4n) is 6.07. The summed E-state index contributed by atoms with van der Waals surface area (Å²) in [6.07, 6.45) is 9.95. The van der Waals surface area contributed by atoms with Crippen LogP contribution in [-0.4, -0.2) is 67.7 Å². The smallest absolute Gasteiger partial charge is 0.0937 e. The van der Waals surface area contributed by atoms with E-state index in [1.54, 1.807) is 7.11 Å². The van der Waals surface area contributed by atoms with Gasteiger partial charge in [-0.2, -0.15) is 0 Å². The lowest BCUT2D eigenvalue weighted by Gasteiger charge is -2.46. The Labute approximate surface area is 205 Å². The normalized spacial score (nSPS) is 27.2. The first kappa shape index (κ1) is 26.9. The number of nitrogens with zero attached hydrogens (tertiary/aromatic N) is 1. The van der Waals surface area contributed by atoms with Crippen molar-refractivity contribution in [3.8, 4) is 0 Å². The molecule has 0 aromatic heterocycles. The molecule has 5 nitrogen and oxygen atoms in total. The van der Waals surface area contributed by atoms with Gasteiger partial charge in [-0.05, 0) is 101 Å². The van der Waals surface area contributed by atoms with Crippen LogP contribution < -0.4 is 5.32 Å². The van der Waals surface area contributed by atoms with Crippen molar-refractivity contribution in [2.45, 2.75) is 82.0 Å². The third-order valence-electron chi connectivity index (χ3n) is 7.99. The van der Waals surface area contributed by atoms with E-state index in [4.69, 9.17) is 16.3 Å². The second kappa shape index (κ2) is 13.4. The van der Waals surface area contributed by atoms with Crippen molar-refractivity contribution in [1.82, 2.24) is 10.2 Å². The molecule has 1 saturated carbocycles. The van der Waals surface area contributed by atoms with Crippen LogP contribution in [-0.2, 0) is 10.3 Å². The Bertz CT molecular complexity index is 698. The van der Waals surface area contributed by atoms with Crippen LogP contribution in [0.2, 0.25) is 5.02 Å². The van der Waals surface area contributed by atoms with Crippen LogP contribution in [0, 0.1) is 11.8 Å². The van der Waals surface area contributed by atoms with Crippen LogP contribution >= 0.6 is 11.6 Å². The van der Waals surface area contributed by atoms with Gasteiger partial charge in [0.1, 0.15) is 0 Å². The highest BCUT2D eigenvalue weighted by Gasteiger charge is 2.41. The van der Waals surface area contributed by atoms with Crippen molar-refractivity contribution in [1.29, 1.82) is 0 Å². The van der Waals surface area contributed by atoms with E-state index in [0.29, 0.717) is 17.0 Å². The summed E-state index contributed by atoms with van der Waals surface area (Å²) in [7, 11) is 3.77. The van der Waals surface area contributed by atoms with E-state index in [0.717, 1.165) is 89.6 Å². The van der Waals surface area contributed by atoms with Crippen molar-refractivity contribution in [2.75, 3.05) is 40.4 Å². The largest absolute Gasteiger partial charge is 0.393 e. The molecule has 2 fully saturated rings. The minimum Gasteiger partial charge on any atom is -0.393 e. The summed E-state index contributed by atoms with van der Waals surface area (Å²) in [5.41, 5.74) is 0.0712. The Kier molecular flexibility index (Phi) is 10.9. The first-order chi connectivity index (χ1) is 16.0. The van der Waals surface area contributed by atoms with Gasteiger partial charge in [-0.15, -0.1) is 0 Å². The molecule has 3 atom stereocenters. The maximum absolute atomic E-state index is 12.1. The average molecular weight is 481 g/mol. The van der Waals surface area contributed by atoms with Gasteiger partial charge in [0.2, 0.25) is 0 Å². The molecule has 33 heavy (non-hydrogen) atoms. The van der Waals surface area contributed by atoms with Gasteiger partial charge in [0.15, 0.2) is 0 Å². The molecule has 0 radical (unpaired) electrons. The summed E-state index contributed by atoms with van der Waals surface area (Å²) in [4.78, 5) is 2.63. The topological polar surface area (TPSA) is 65.0 Å². The standard InChI is InChI=1S/C27H45ClN2O3/c1-29-19-25(17-21-10-12-26(31)13-11-21)30-15-6-8-23(20-30)27(32,14-3-4-16-33-2)22-7-5-9-24(28)18-22/h5,7,9,18,21,23,25-26,29,31-32H,3-4,6,8,10-17,19-20H2,1-2H3/t21?,23?,25?,26?,27-/m1/s1. The van der Waals surface area contributed by atoms with E-state index in [2.05, 4.69) is 10.2 Å². The highest BCUT2D eigenvalue weighted by molar-refractivity contribution is 6.30. The maximum Gasteiger partial charge on any atom is 0.0937 e. The third-order valence-corrected chi connectivity index (χ3v) is 8.22. The molecule has 1 aromatic rings. The maximum atomic E-state index is 12.1. The van der Waals surface area contributed by atoms with Crippen LogP contribution in [0.4, 0.5) is 0 Å². The van der Waals surface area contributed by atoms with Crippen molar-refractivity contribution in [2.24, 2.45) is 11.8 Å². The molecule has 1 heterocycles. The number of likely N-dealkylation sites (N-methyl/N-ethyl adjacent to an activating group) is 1. The van der Waals surface area contributed by atoms with Crippen molar-refractivity contribution in [3.05, 3.63) is 34.9 Å². The number of hydrogen-bond acceptors (Lipinski definition) is 5. The van der Waals surface area contributed by atoms with Crippen LogP contribution in [0.5, 0.6) is 0 Å². The Morgan fingerprint density at radius 2 is 2.00 bits per heavy atom. The van der Waals surface area contributed by atoms with Crippen LogP contribution in [0.1, 0.15) is 69.8 Å². The average Bonchev–Trinajstić information content (AvgIpc) is 2.83. The summed E-state index contributed by atoms with van der Waals surface area (Å²) < 4.78 is 5.25. The fourth-order valence-corrected chi connectivity index (χ4v) is 6.26. The molecular weight excluding hydrogens is 436 g/mol. The summed E-state index contributed by atoms with van der Waals surface area (Å²) in [6, 6.07) is 8.30. The number of nitrogens with one attached hydrogen (secondary N) is 1. The zero-order chi connectivity index (χ0) is 23.7. The zero-order valence-corrected chi connectivity index (χ0v) is 21.4. The number of unbranched alkanes of at least 4 members (excludes halogenated alkanes) is 1. The molecule has 2 aliphatic rings. The van der Waals surface area contributed by atoms with Crippen molar-refractivity contribution >= 4 is 11.6 Å². The number of methoxy groups -OCH3 is 1. The van der Waals surface area contributed by atoms with Gasteiger partial charge in [-0.1, -0.05) is 23.7 Å². The molecule has 0 spiro atoms.